The Morgan fingerprint density at radius 2 is 1.93 bits per heavy atom. The lowest BCUT2D eigenvalue weighted by molar-refractivity contribution is 0.526. The molecular weight excluding hydrogens is 390 g/mol. The fraction of sp³-hybridized carbons (Fsp3) is 0.318. The second kappa shape index (κ2) is 8.81. The number of halogens is 1. The Hall–Kier alpha value is -2.29. The van der Waals surface area contributed by atoms with Crippen molar-refractivity contribution in [2.45, 2.75) is 33.7 Å². The summed E-state index contributed by atoms with van der Waals surface area (Å²) in [5.41, 5.74) is 4.32. The van der Waals surface area contributed by atoms with Crippen LogP contribution in [0.3, 0.4) is 0 Å². The zero-order valence-electron chi connectivity index (χ0n) is 16.3. The van der Waals surface area contributed by atoms with Crippen LogP contribution in [-0.2, 0) is 17.5 Å². The van der Waals surface area contributed by atoms with Crippen LogP contribution in [0.15, 0.2) is 42.5 Å². The summed E-state index contributed by atoms with van der Waals surface area (Å²) in [6, 6.07) is 15.9. The van der Waals surface area contributed by atoms with E-state index in [0.29, 0.717) is 22.3 Å². The van der Waals surface area contributed by atoms with E-state index in [9.17, 15) is 9.47 Å². The van der Waals surface area contributed by atoms with Crippen molar-refractivity contribution in [3.63, 3.8) is 0 Å². The van der Waals surface area contributed by atoms with Gasteiger partial charge in [-0.3, -0.25) is 0 Å². The first-order valence-electron chi connectivity index (χ1n) is 9.41. The van der Waals surface area contributed by atoms with Gasteiger partial charge in [-0.05, 0) is 48.2 Å². The summed E-state index contributed by atoms with van der Waals surface area (Å²) < 4.78 is 16.9. The summed E-state index contributed by atoms with van der Waals surface area (Å²) >= 11 is 6.21. The molecule has 0 bridgehead atoms. The third-order valence-electron chi connectivity index (χ3n) is 4.72. The van der Waals surface area contributed by atoms with Crippen LogP contribution in [0.1, 0.15) is 32.8 Å². The number of aromatic nitrogens is 1. The van der Waals surface area contributed by atoms with Gasteiger partial charge in [-0.2, -0.15) is 5.26 Å². The maximum absolute atomic E-state index is 11.7. The highest BCUT2D eigenvalue weighted by atomic mass is 35.5. The average Bonchev–Trinajstić information content (AvgIpc) is 2.99. The molecule has 0 saturated carbocycles. The molecule has 1 aromatic heterocycles. The second-order valence-corrected chi connectivity index (χ2v) is 9.05. The van der Waals surface area contributed by atoms with Crippen molar-refractivity contribution in [2.75, 3.05) is 10.5 Å². The van der Waals surface area contributed by atoms with Crippen molar-refractivity contribution in [2.24, 2.45) is 5.92 Å². The topological polar surface area (TPSA) is 57.8 Å². The van der Waals surface area contributed by atoms with Crippen LogP contribution in [-0.4, -0.2) is 14.5 Å². The largest absolute Gasteiger partial charge is 0.339 e. The van der Waals surface area contributed by atoms with Gasteiger partial charge in [0, 0.05) is 33.9 Å². The quantitative estimate of drug-likeness (QED) is 0.518. The number of nitrogens with one attached hydrogen (secondary N) is 1. The molecule has 0 aliphatic heterocycles. The van der Waals surface area contributed by atoms with Crippen molar-refractivity contribution in [3.05, 3.63) is 53.1 Å². The molecule has 0 fully saturated rings. The van der Waals surface area contributed by atoms with Gasteiger partial charge in [0.25, 0.3) is 0 Å². The Morgan fingerprint density at radius 1 is 1.21 bits per heavy atom. The lowest BCUT2D eigenvalue weighted by atomic mass is 10.1. The van der Waals surface area contributed by atoms with E-state index in [1.165, 1.54) is 0 Å². The summed E-state index contributed by atoms with van der Waals surface area (Å²) in [7, 11) is -1.09. The van der Waals surface area contributed by atoms with Gasteiger partial charge >= 0.3 is 0 Å². The monoisotopic (exact) mass is 413 g/mol. The molecule has 3 rings (SSSR count). The van der Waals surface area contributed by atoms with E-state index < -0.39 is 11.0 Å². The molecule has 1 N–H and O–H groups in total. The van der Waals surface area contributed by atoms with Gasteiger partial charge < -0.3 is 9.29 Å². The molecule has 4 nitrogen and oxygen atoms in total. The van der Waals surface area contributed by atoms with Crippen LogP contribution in [0.4, 0.5) is 5.69 Å². The van der Waals surface area contributed by atoms with Crippen LogP contribution in [0, 0.1) is 17.2 Å². The van der Waals surface area contributed by atoms with Crippen LogP contribution in [0.2, 0.25) is 5.02 Å². The fourth-order valence-electron chi connectivity index (χ4n) is 3.26. The van der Waals surface area contributed by atoms with Gasteiger partial charge in [0.1, 0.15) is 17.1 Å². The minimum absolute atomic E-state index is 0.546. The Morgan fingerprint density at radius 3 is 2.54 bits per heavy atom. The first-order chi connectivity index (χ1) is 13.4. The van der Waals surface area contributed by atoms with Crippen LogP contribution in [0.25, 0.3) is 22.2 Å². The van der Waals surface area contributed by atoms with Gasteiger partial charge in [-0.15, -0.1) is 0 Å². The summed E-state index contributed by atoms with van der Waals surface area (Å²) in [6.07, 6.45) is 1.01. The summed E-state index contributed by atoms with van der Waals surface area (Å²) in [5.74, 6) is 1.10. The molecule has 6 heteroatoms. The van der Waals surface area contributed by atoms with E-state index >= 15 is 0 Å². The fourth-order valence-corrected chi connectivity index (χ4v) is 3.97. The van der Waals surface area contributed by atoms with Crippen molar-refractivity contribution in [1.29, 1.82) is 5.26 Å². The molecule has 146 valence electrons. The highest BCUT2D eigenvalue weighted by molar-refractivity contribution is 7.86. The number of anilines is 1. The number of nitrogens with zero attached hydrogens (tertiary/aromatic N) is 2. The normalized spacial score (nSPS) is 12.3. The Labute approximate surface area is 173 Å². The van der Waals surface area contributed by atoms with Crippen LogP contribution < -0.4 is 4.72 Å². The Balaban J connectivity index is 2.14. The number of fused-ring (bicyclic) bond motifs is 1. The van der Waals surface area contributed by atoms with Crippen LogP contribution in [0.5, 0.6) is 0 Å². The van der Waals surface area contributed by atoms with Crippen molar-refractivity contribution in [3.8, 4) is 17.3 Å². The van der Waals surface area contributed by atoms with Gasteiger partial charge in [-0.25, -0.2) is 4.21 Å². The van der Waals surface area contributed by atoms with Crippen LogP contribution >= 0.6 is 11.6 Å². The predicted molar refractivity (Wildman–Crippen MR) is 119 cm³/mol. The van der Waals surface area contributed by atoms with Crippen molar-refractivity contribution >= 4 is 39.2 Å². The van der Waals surface area contributed by atoms with E-state index in [2.05, 4.69) is 29.2 Å². The third-order valence-corrected chi connectivity index (χ3v) is 5.94. The minimum atomic E-state index is -1.09. The lowest BCUT2D eigenvalue weighted by Gasteiger charge is -2.13. The van der Waals surface area contributed by atoms with E-state index in [1.54, 1.807) is 0 Å². The smallest absolute Gasteiger partial charge is 0.116 e. The predicted octanol–water partition coefficient (Wildman–Crippen LogP) is 5.97. The molecule has 0 saturated heterocycles. The Bertz CT molecular complexity index is 1050. The van der Waals surface area contributed by atoms with E-state index in [-0.39, 0.29) is 0 Å². The van der Waals surface area contributed by atoms with Gasteiger partial charge in [0.2, 0.25) is 0 Å². The zero-order valence-corrected chi connectivity index (χ0v) is 17.9. The van der Waals surface area contributed by atoms with E-state index in [4.69, 9.17) is 11.6 Å². The zero-order chi connectivity index (χ0) is 20.3. The number of benzene rings is 2. The highest BCUT2D eigenvalue weighted by Crippen LogP contribution is 2.35. The number of aryl methyl sites for hydroxylation is 1. The van der Waals surface area contributed by atoms with E-state index in [0.717, 1.165) is 40.8 Å². The average molecular weight is 414 g/mol. The van der Waals surface area contributed by atoms with Gasteiger partial charge in [0.05, 0.1) is 11.3 Å². The molecule has 0 aliphatic carbocycles. The molecule has 0 amide bonds. The van der Waals surface area contributed by atoms with E-state index in [1.807, 2.05) is 49.4 Å². The summed E-state index contributed by atoms with van der Waals surface area (Å²) in [4.78, 5) is 0. The van der Waals surface area contributed by atoms with Crippen molar-refractivity contribution in [1.82, 2.24) is 4.57 Å². The first kappa shape index (κ1) is 20.4. The van der Waals surface area contributed by atoms with Crippen molar-refractivity contribution < 1.29 is 4.21 Å². The number of hydrogen-bond donors (Lipinski definition) is 1. The van der Waals surface area contributed by atoms with Gasteiger partial charge in [0.15, 0.2) is 0 Å². The second-order valence-electron chi connectivity index (χ2n) is 7.14. The molecule has 3 aromatic rings. The maximum atomic E-state index is 11.7. The SMILES string of the molecule is CCS(=O)Nc1ccc(-c2c(C#N)c3cc(Cl)ccc3n2CCC(C)C)cc1. The molecule has 0 spiro atoms. The molecule has 28 heavy (non-hydrogen) atoms. The molecular formula is C22H24ClN3OS. The summed E-state index contributed by atoms with van der Waals surface area (Å²) in [5, 5.41) is 11.4. The molecule has 2 aromatic carbocycles. The molecule has 1 heterocycles. The molecule has 1 atom stereocenters. The Kier molecular flexibility index (Phi) is 6.43. The highest BCUT2D eigenvalue weighted by Gasteiger charge is 2.19. The van der Waals surface area contributed by atoms with Gasteiger partial charge in [-0.1, -0.05) is 44.5 Å². The summed E-state index contributed by atoms with van der Waals surface area (Å²) in [6.45, 7) is 7.09. The maximum Gasteiger partial charge on any atom is 0.116 e. The molecule has 1 unspecified atom stereocenters. The number of hydrogen-bond acceptors (Lipinski definition) is 2. The number of nitriles is 1. The first-order valence-corrected chi connectivity index (χ1v) is 11.1. The standard InChI is InChI=1S/C22H24ClN3OS/c1-4-28(27)25-18-8-5-16(6-9-18)22-20(14-24)19-13-17(23)7-10-21(19)26(22)12-11-15(2)3/h5-10,13,15,25H,4,11-12H2,1-3H3. The number of rotatable bonds is 7. The molecule has 0 aliphatic rings. The third kappa shape index (κ3) is 4.24. The molecule has 0 radical (unpaired) electrons. The lowest BCUT2D eigenvalue weighted by Crippen LogP contribution is -2.06. The minimum Gasteiger partial charge on any atom is -0.339 e.